The van der Waals surface area contributed by atoms with Crippen LogP contribution in [-0.4, -0.2) is 18.5 Å². The average molecular weight is 258 g/mol. The van der Waals surface area contributed by atoms with Crippen LogP contribution in [0.3, 0.4) is 0 Å². The van der Waals surface area contributed by atoms with Gasteiger partial charge >= 0.3 is 0 Å². The topological polar surface area (TPSA) is 41.1 Å². The summed E-state index contributed by atoms with van der Waals surface area (Å²) in [5.41, 5.74) is 2.36. The highest BCUT2D eigenvalue weighted by Gasteiger charge is 2.28. The minimum Gasteiger partial charge on any atom is -0.373 e. The molecule has 0 bridgehead atoms. The Labute approximate surface area is 114 Å². The first-order valence-corrected chi connectivity index (χ1v) is 7.36. The molecule has 1 aliphatic carbocycles. The van der Waals surface area contributed by atoms with Gasteiger partial charge in [0.2, 0.25) is 5.91 Å². The van der Waals surface area contributed by atoms with Gasteiger partial charge < -0.3 is 10.6 Å². The van der Waals surface area contributed by atoms with Crippen molar-refractivity contribution in [3.63, 3.8) is 0 Å². The number of amides is 1. The largest absolute Gasteiger partial charge is 0.373 e. The molecular weight excluding hydrogens is 236 g/mol. The molecule has 1 heterocycles. The van der Waals surface area contributed by atoms with Crippen LogP contribution in [0.4, 0.5) is 5.69 Å². The van der Waals surface area contributed by atoms with E-state index in [-0.39, 0.29) is 11.9 Å². The first-order valence-electron chi connectivity index (χ1n) is 7.36. The van der Waals surface area contributed by atoms with Crippen LogP contribution in [0.25, 0.3) is 0 Å². The van der Waals surface area contributed by atoms with Gasteiger partial charge in [0.25, 0.3) is 0 Å². The number of hydrogen-bond donors (Lipinski definition) is 2. The van der Waals surface area contributed by atoms with E-state index in [2.05, 4.69) is 23.6 Å². The van der Waals surface area contributed by atoms with Crippen molar-refractivity contribution in [3.8, 4) is 0 Å². The van der Waals surface area contributed by atoms with Gasteiger partial charge in [-0.1, -0.05) is 38.0 Å². The zero-order valence-electron chi connectivity index (χ0n) is 11.5. The van der Waals surface area contributed by atoms with E-state index in [9.17, 15) is 4.79 Å². The standard InChI is InChI=1S/C16H22N2O/c1-11-5-4-7-13(11)10-17-16(19)15-9-12-6-2-3-8-14(12)18-15/h2-3,6,8,11,13,15,18H,4-5,7,9-10H2,1H3,(H,17,19)/t11?,13?,15-/m0/s1. The molecule has 0 radical (unpaired) electrons. The summed E-state index contributed by atoms with van der Waals surface area (Å²) in [6.45, 7) is 3.14. The quantitative estimate of drug-likeness (QED) is 0.875. The molecule has 3 atom stereocenters. The monoisotopic (exact) mass is 258 g/mol. The highest BCUT2D eigenvalue weighted by Crippen LogP contribution is 2.30. The van der Waals surface area contributed by atoms with Gasteiger partial charge in [-0.15, -0.1) is 0 Å². The first-order chi connectivity index (χ1) is 9.24. The van der Waals surface area contributed by atoms with E-state index < -0.39 is 0 Å². The lowest BCUT2D eigenvalue weighted by molar-refractivity contribution is -0.121. The normalized spacial score (nSPS) is 28.8. The molecule has 0 saturated heterocycles. The van der Waals surface area contributed by atoms with Gasteiger partial charge in [0.1, 0.15) is 6.04 Å². The summed E-state index contributed by atoms with van der Waals surface area (Å²) < 4.78 is 0. The molecule has 0 spiro atoms. The molecule has 2 N–H and O–H groups in total. The van der Waals surface area contributed by atoms with Crippen LogP contribution in [0.15, 0.2) is 24.3 Å². The van der Waals surface area contributed by atoms with Gasteiger partial charge in [0.15, 0.2) is 0 Å². The van der Waals surface area contributed by atoms with Crippen LogP contribution in [0.1, 0.15) is 31.7 Å². The predicted octanol–water partition coefficient (Wildman–Crippen LogP) is 2.58. The maximum atomic E-state index is 12.2. The molecule has 3 rings (SSSR count). The average Bonchev–Trinajstić information content (AvgIpc) is 3.01. The third kappa shape index (κ3) is 2.60. The fourth-order valence-electron chi connectivity index (χ4n) is 3.34. The van der Waals surface area contributed by atoms with E-state index in [4.69, 9.17) is 0 Å². The van der Waals surface area contributed by atoms with E-state index in [0.29, 0.717) is 5.92 Å². The second-order valence-corrected chi connectivity index (χ2v) is 5.97. The maximum Gasteiger partial charge on any atom is 0.242 e. The summed E-state index contributed by atoms with van der Waals surface area (Å²) in [6.07, 6.45) is 4.70. The number of nitrogens with one attached hydrogen (secondary N) is 2. The second kappa shape index (κ2) is 5.24. The van der Waals surface area contributed by atoms with Crippen molar-refractivity contribution in [1.29, 1.82) is 0 Å². The lowest BCUT2D eigenvalue weighted by Gasteiger charge is -2.18. The molecular formula is C16H22N2O. The van der Waals surface area contributed by atoms with Crippen molar-refractivity contribution in [1.82, 2.24) is 5.32 Å². The van der Waals surface area contributed by atoms with Gasteiger partial charge in [-0.25, -0.2) is 0 Å². The summed E-state index contributed by atoms with van der Waals surface area (Å²) >= 11 is 0. The van der Waals surface area contributed by atoms with Crippen molar-refractivity contribution in [2.45, 2.75) is 38.6 Å². The maximum absolute atomic E-state index is 12.2. The Morgan fingerprint density at radius 3 is 2.95 bits per heavy atom. The van der Waals surface area contributed by atoms with Crippen LogP contribution in [0.2, 0.25) is 0 Å². The number of carbonyl (C=O) groups is 1. The summed E-state index contributed by atoms with van der Waals surface area (Å²) in [4.78, 5) is 12.2. The summed E-state index contributed by atoms with van der Waals surface area (Å²) in [7, 11) is 0. The van der Waals surface area contributed by atoms with E-state index in [1.807, 2.05) is 18.2 Å². The van der Waals surface area contributed by atoms with Crippen molar-refractivity contribution in [3.05, 3.63) is 29.8 Å². The number of para-hydroxylation sites is 1. The Balaban J connectivity index is 1.52. The number of hydrogen-bond acceptors (Lipinski definition) is 2. The highest BCUT2D eigenvalue weighted by molar-refractivity contribution is 5.87. The van der Waals surface area contributed by atoms with Crippen molar-refractivity contribution < 1.29 is 4.79 Å². The summed E-state index contributed by atoms with van der Waals surface area (Å²) in [5.74, 6) is 1.58. The fourth-order valence-corrected chi connectivity index (χ4v) is 3.34. The van der Waals surface area contributed by atoms with Gasteiger partial charge in [0, 0.05) is 18.7 Å². The molecule has 2 unspecified atom stereocenters. The molecule has 1 saturated carbocycles. The molecule has 2 aliphatic rings. The Hall–Kier alpha value is -1.51. The van der Waals surface area contributed by atoms with Crippen LogP contribution in [-0.2, 0) is 11.2 Å². The Morgan fingerprint density at radius 2 is 2.21 bits per heavy atom. The van der Waals surface area contributed by atoms with E-state index in [0.717, 1.165) is 24.6 Å². The van der Waals surface area contributed by atoms with E-state index >= 15 is 0 Å². The third-order valence-corrected chi connectivity index (χ3v) is 4.67. The van der Waals surface area contributed by atoms with Gasteiger partial charge in [-0.05, 0) is 29.9 Å². The zero-order chi connectivity index (χ0) is 13.2. The Kier molecular flexibility index (Phi) is 3.45. The van der Waals surface area contributed by atoms with Crippen molar-refractivity contribution >= 4 is 11.6 Å². The number of carbonyl (C=O) groups excluding carboxylic acids is 1. The predicted molar refractivity (Wildman–Crippen MR) is 77.1 cm³/mol. The molecule has 0 aromatic heterocycles. The minimum absolute atomic E-state index is 0.0888. The highest BCUT2D eigenvalue weighted by atomic mass is 16.2. The molecule has 1 aromatic carbocycles. The van der Waals surface area contributed by atoms with E-state index in [1.54, 1.807) is 0 Å². The van der Waals surface area contributed by atoms with E-state index in [1.165, 1.54) is 24.8 Å². The number of rotatable bonds is 3. The van der Waals surface area contributed by atoms with Crippen LogP contribution >= 0.6 is 0 Å². The Morgan fingerprint density at radius 1 is 1.37 bits per heavy atom. The number of benzene rings is 1. The lowest BCUT2D eigenvalue weighted by atomic mass is 9.98. The zero-order valence-corrected chi connectivity index (χ0v) is 11.5. The van der Waals surface area contributed by atoms with Gasteiger partial charge in [0.05, 0.1) is 0 Å². The molecule has 19 heavy (non-hydrogen) atoms. The minimum atomic E-state index is -0.0888. The van der Waals surface area contributed by atoms with Crippen molar-refractivity contribution in [2.24, 2.45) is 11.8 Å². The smallest absolute Gasteiger partial charge is 0.242 e. The van der Waals surface area contributed by atoms with Gasteiger partial charge in [-0.3, -0.25) is 4.79 Å². The lowest BCUT2D eigenvalue weighted by Crippen LogP contribution is -2.40. The van der Waals surface area contributed by atoms with Crippen LogP contribution in [0, 0.1) is 11.8 Å². The third-order valence-electron chi connectivity index (χ3n) is 4.67. The van der Waals surface area contributed by atoms with Gasteiger partial charge in [-0.2, -0.15) is 0 Å². The molecule has 3 nitrogen and oxygen atoms in total. The fraction of sp³-hybridized carbons (Fsp3) is 0.562. The Bertz CT molecular complexity index is 447. The molecule has 1 amide bonds. The SMILES string of the molecule is CC1CCCC1CNC(=O)[C@@H]1Cc2ccccc2N1. The molecule has 1 aromatic rings. The molecule has 1 aliphatic heterocycles. The first kappa shape index (κ1) is 12.5. The van der Waals surface area contributed by atoms with Crippen LogP contribution in [0.5, 0.6) is 0 Å². The second-order valence-electron chi connectivity index (χ2n) is 5.97. The van der Waals surface area contributed by atoms with Crippen molar-refractivity contribution in [2.75, 3.05) is 11.9 Å². The van der Waals surface area contributed by atoms with Crippen LogP contribution < -0.4 is 10.6 Å². The molecule has 3 heteroatoms. The molecule has 1 fully saturated rings. The summed E-state index contributed by atoms with van der Waals surface area (Å²) in [6, 6.07) is 8.08. The molecule has 102 valence electrons. The number of anilines is 1. The number of fused-ring (bicyclic) bond motifs is 1. The summed E-state index contributed by atoms with van der Waals surface area (Å²) in [5, 5.41) is 6.44.